The summed E-state index contributed by atoms with van der Waals surface area (Å²) in [5.41, 5.74) is 4.10. The number of rotatable bonds is 5. The predicted octanol–water partition coefficient (Wildman–Crippen LogP) is 2.94. The number of halogens is 1. The number of carbonyl (C=O) groups is 3. The average molecular weight is 416 g/mol. The topological polar surface area (TPSA) is 87.3 Å². The van der Waals surface area contributed by atoms with Crippen molar-refractivity contribution in [1.82, 2.24) is 16.2 Å². The summed E-state index contributed by atoms with van der Waals surface area (Å²) in [6, 6.07) is 4.78. The van der Waals surface area contributed by atoms with Gasteiger partial charge >= 0.3 is 0 Å². The molecule has 162 valence electrons. The fourth-order valence-corrected chi connectivity index (χ4v) is 6.13. The van der Waals surface area contributed by atoms with Gasteiger partial charge in [-0.25, -0.2) is 4.39 Å². The molecule has 7 heteroatoms. The lowest BCUT2D eigenvalue weighted by Crippen LogP contribution is -2.59. The summed E-state index contributed by atoms with van der Waals surface area (Å²) in [5, 5.41) is 2.97. The maximum atomic E-state index is 13.8. The van der Waals surface area contributed by atoms with Crippen LogP contribution in [-0.4, -0.2) is 23.8 Å². The van der Waals surface area contributed by atoms with Gasteiger partial charge in [-0.15, -0.1) is 0 Å². The number of nitrogens with one attached hydrogen (secondary N) is 3. The number of benzene rings is 1. The Labute approximate surface area is 176 Å². The quantitative estimate of drug-likeness (QED) is 0.646. The normalized spacial score (nSPS) is 30.1. The molecule has 3 N–H and O–H groups in total. The van der Waals surface area contributed by atoms with Gasteiger partial charge in [0.2, 0.25) is 5.91 Å². The van der Waals surface area contributed by atoms with Gasteiger partial charge in [0, 0.05) is 5.41 Å². The van der Waals surface area contributed by atoms with Crippen LogP contribution >= 0.6 is 0 Å². The summed E-state index contributed by atoms with van der Waals surface area (Å²) in [4.78, 5) is 38.2. The van der Waals surface area contributed by atoms with Gasteiger partial charge in [-0.05, 0) is 74.3 Å². The lowest BCUT2D eigenvalue weighted by molar-refractivity contribution is -0.149. The van der Waals surface area contributed by atoms with Gasteiger partial charge in [0.25, 0.3) is 11.8 Å². The van der Waals surface area contributed by atoms with E-state index in [4.69, 9.17) is 0 Å². The molecule has 4 aliphatic carbocycles. The molecule has 0 unspecified atom stereocenters. The van der Waals surface area contributed by atoms with E-state index in [0.717, 1.165) is 19.3 Å². The number of carbonyl (C=O) groups excluding carboxylic acids is 3. The van der Waals surface area contributed by atoms with Crippen LogP contribution in [0.15, 0.2) is 24.3 Å². The van der Waals surface area contributed by atoms with Crippen LogP contribution in [-0.2, 0) is 9.59 Å². The van der Waals surface area contributed by atoms with E-state index in [0.29, 0.717) is 17.8 Å². The summed E-state index contributed by atoms with van der Waals surface area (Å²) < 4.78 is 13.8. The van der Waals surface area contributed by atoms with E-state index in [2.05, 4.69) is 16.2 Å². The van der Waals surface area contributed by atoms with E-state index in [1.807, 2.05) is 13.8 Å². The Morgan fingerprint density at radius 3 is 2.07 bits per heavy atom. The highest BCUT2D eigenvalue weighted by molar-refractivity contribution is 5.97. The zero-order valence-electron chi connectivity index (χ0n) is 17.5. The van der Waals surface area contributed by atoms with E-state index in [1.54, 1.807) is 6.07 Å². The van der Waals surface area contributed by atoms with E-state index in [9.17, 15) is 18.8 Å². The van der Waals surface area contributed by atoms with Crippen molar-refractivity contribution in [1.29, 1.82) is 0 Å². The molecular formula is C23H30FN3O3. The first kappa shape index (κ1) is 20.8. The molecule has 0 saturated heterocycles. The predicted molar refractivity (Wildman–Crippen MR) is 109 cm³/mol. The van der Waals surface area contributed by atoms with Gasteiger partial charge in [-0.2, -0.15) is 0 Å². The lowest BCUT2D eigenvalue weighted by atomic mass is 9.49. The molecule has 0 spiro atoms. The Kier molecular flexibility index (Phi) is 5.55. The highest BCUT2D eigenvalue weighted by Gasteiger charge is 2.55. The molecule has 5 rings (SSSR count). The summed E-state index contributed by atoms with van der Waals surface area (Å²) in [5.74, 6) is -0.205. The van der Waals surface area contributed by atoms with Gasteiger partial charge in [0.05, 0.1) is 5.56 Å². The van der Waals surface area contributed by atoms with Crippen LogP contribution in [0.5, 0.6) is 0 Å². The Morgan fingerprint density at radius 2 is 1.53 bits per heavy atom. The van der Waals surface area contributed by atoms with Gasteiger partial charge in [0.15, 0.2) is 0 Å². The van der Waals surface area contributed by atoms with Crippen molar-refractivity contribution in [2.24, 2.45) is 29.1 Å². The van der Waals surface area contributed by atoms with Crippen molar-refractivity contribution in [3.8, 4) is 0 Å². The van der Waals surface area contributed by atoms with Crippen LogP contribution in [0.2, 0.25) is 0 Å². The lowest BCUT2D eigenvalue weighted by Gasteiger charge is -2.55. The fourth-order valence-electron chi connectivity index (χ4n) is 6.13. The standard InChI is InChI=1S/C23H30FN3O3/c1-13(2)19(21(29)27-26-20(28)17-5-3-4-6-18(17)24)25-22(30)23-10-14-7-15(11-23)9-16(8-14)12-23/h3-6,13-16,19H,7-12H2,1-2H3,(H,25,30)(H,26,28)(H,27,29)/t14?,15?,16?,19-,23?/m1/s1. The minimum atomic E-state index is -0.772. The number of amides is 3. The molecule has 4 aliphatic rings. The van der Waals surface area contributed by atoms with E-state index < -0.39 is 23.7 Å². The van der Waals surface area contributed by atoms with Crippen LogP contribution in [0, 0.1) is 34.9 Å². The average Bonchev–Trinajstić information content (AvgIpc) is 2.68. The SMILES string of the molecule is CC(C)[C@@H](NC(=O)C12CC3CC(CC(C3)C1)C2)C(=O)NNC(=O)c1ccccc1F. The minimum absolute atomic E-state index is 0.0316. The van der Waals surface area contributed by atoms with Crippen LogP contribution < -0.4 is 16.2 Å². The molecule has 1 aromatic rings. The van der Waals surface area contributed by atoms with Crippen LogP contribution in [0.25, 0.3) is 0 Å². The monoisotopic (exact) mass is 415 g/mol. The van der Waals surface area contributed by atoms with Crippen molar-refractivity contribution in [3.05, 3.63) is 35.6 Å². The number of hydrogen-bond acceptors (Lipinski definition) is 3. The molecule has 4 fully saturated rings. The van der Waals surface area contributed by atoms with Crippen LogP contribution in [0.3, 0.4) is 0 Å². The molecule has 30 heavy (non-hydrogen) atoms. The van der Waals surface area contributed by atoms with Gasteiger partial charge in [-0.3, -0.25) is 25.2 Å². The molecule has 1 atom stereocenters. The maximum absolute atomic E-state index is 13.8. The molecular weight excluding hydrogens is 385 g/mol. The molecule has 6 nitrogen and oxygen atoms in total. The zero-order valence-corrected chi connectivity index (χ0v) is 17.5. The second-order valence-electron chi connectivity index (χ2n) is 9.82. The largest absolute Gasteiger partial charge is 0.344 e. The van der Waals surface area contributed by atoms with Crippen molar-refractivity contribution in [2.45, 2.75) is 58.4 Å². The third-order valence-electron chi connectivity index (χ3n) is 7.17. The Morgan fingerprint density at radius 1 is 0.967 bits per heavy atom. The molecule has 4 saturated carbocycles. The Hall–Kier alpha value is -2.44. The van der Waals surface area contributed by atoms with E-state index >= 15 is 0 Å². The molecule has 0 radical (unpaired) electrons. The minimum Gasteiger partial charge on any atom is -0.344 e. The number of hydrogen-bond donors (Lipinski definition) is 3. The molecule has 0 aliphatic heterocycles. The maximum Gasteiger partial charge on any atom is 0.272 e. The fraction of sp³-hybridized carbons (Fsp3) is 0.609. The molecule has 1 aromatic carbocycles. The number of hydrazine groups is 1. The molecule has 0 aromatic heterocycles. The third-order valence-corrected chi connectivity index (χ3v) is 7.17. The van der Waals surface area contributed by atoms with E-state index in [-0.39, 0.29) is 22.8 Å². The van der Waals surface area contributed by atoms with Crippen LogP contribution in [0.4, 0.5) is 4.39 Å². The van der Waals surface area contributed by atoms with Crippen molar-refractivity contribution in [2.75, 3.05) is 0 Å². The first-order valence-electron chi connectivity index (χ1n) is 10.9. The smallest absolute Gasteiger partial charge is 0.272 e. The van der Waals surface area contributed by atoms with E-state index in [1.165, 1.54) is 37.5 Å². The Bertz CT molecular complexity index is 819. The zero-order chi connectivity index (χ0) is 21.5. The summed E-state index contributed by atoms with van der Waals surface area (Å²) in [6.45, 7) is 3.70. The highest BCUT2D eigenvalue weighted by Crippen LogP contribution is 2.60. The first-order valence-corrected chi connectivity index (χ1v) is 10.9. The summed E-state index contributed by atoms with van der Waals surface area (Å²) >= 11 is 0. The molecule has 0 heterocycles. The van der Waals surface area contributed by atoms with Gasteiger partial charge < -0.3 is 5.32 Å². The second-order valence-corrected chi connectivity index (χ2v) is 9.82. The Balaban J connectivity index is 1.39. The van der Waals surface area contributed by atoms with Gasteiger partial charge in [0.1, 0.15) is 11.9 Å². The van der Waals surface area contributed by atoms with Crippen molar-refractivity contribution < 1.29 is 18.8 Å². The summed E-state index contributed by atoms with van der Waals surface area (Å²) in [6.07, 6.45) is 6.47. The summed E-state index contributed by atoms with van der Waals surface area (Å²) in [7, 11) is 0. The van der Waals surface area contributed by atoms with Crippen LogP contribution in [0.1, 0.15) is 62.7 Å². The molecule has 4 bridgehead atoms. The van der Waals surface area contributed by atoms with Crippen molar-refractivity contribution >= 4 is 17.7 Å². The third kappa shape index (κ3) is 3.94. The molecule has 3 amide bonds. The highest BCUT2D eigenvalue weighted by atomic mass is 19.1. The van der Waals surface area contributed by atoms with Crippen molar-refractivity contribution in [3.63, 3.8) is 0 Å². The second kappa shape index (κ2) is 8.00. The van der Waals surface area contributed by atoms with Gasteiger partial charge in [-0.1, -0.05) is 26.0 Å². The first-order chi connectivity index (χ1) is 14.3.